The maximum atomic E-state index is 13.1. The average molecular weight is 242 g/mol. The predicted molar refractivity (Wildman–Crippen MR) is 58.4 cm³/mol. The first-order valence-corrected chi connectivity index (χ1v) is 5.35. The van der Waals surface area contributed by atoms with Gasteiger partial charge in [-0.05, 0) is 18.2 Å². The number of rotatable bonds is 2. The van der Waals surface area contributed by atoms with E-state index in [1.807, 2.05) is 0 Å². The molecule has 5 heteroatoms. The Balaban J connectivity index is 2.71. The van der Waals surface area contributed by atoms with E-state index in [1.54, 1.807) is 12.1 Å². The maximum Gasteiger partial charge on any atom is 0.336 e. The molecule has 0 saturated carbocycles. The Bertz CT molecular complexity index is 555. The second-order valence-electron chi connectivity index (χ2n) is 3.52. The van der Waals surface area contributed by atoms with Crippen LogP contribution in [0.15, 0.2) is 24.3 Å². The molecule has 0 aliphatic rings. The molecule has 2 aromatic rings. The van der Waals surface area contributed by atoms with E-state index >= 15 is 0 Å². The van der Waals surface area contributed by atoms with Crippen LogP contribution in [0.2, 0.25) is 0 Å². The van der Waals surface area contributed by atoms with Crippen molar-refractivity contribution in [3.05, 3.63) is 34.7 Å². The van der Waals surface area contributed by atoms with Crippen molar-refractivity contribution in [3.8, 4) is 0 Å². The number of benzene rings is 1. The highest BCUT2D eigenvalue weighted by Crippen LogP contribution is 2.37. The summed E-state index contributed by atoms with van der Waals surface area (Å²) in [5, 5.41) is 9.28. The summed E-state index contributed by atoms with van der Waals surface area (Å²) in [6, 6.07) is 5.86. The molecular weight excluding hydrogens is 234 g/mol. The molecule has 0 spiro atoms. The van der Waals surface area contributed by atoms with E-state index in [0.717, 1.165) is 18.3 Å². The van der Waals surface area contributed by atoms with Gasteiger partial charge in [-0.15, -0.1) is 11.3 Å². The van der Waals surface area contributed by atoms with Crippen molar-refractivity contribution in [2.75, 3.05) is 0 Å². The van der Waals surface area contributed by atoms with Gasteiger partial charge >= 0.3 is 5.97 Å². The van der Waals surface area contributed by atoms with Crippen LogP contribution in [0.5, 0.6) is 0 Å². The Morgan fingerprint density at radius 2 is 2.12 bits per heavy atom. The van der Waals surface area contributed by atoms with Crippen molar-refractivity contribution in [2.45, 2.75) is 12.8 Å². The van der Waals surface area contributed by atoms with Crippen molar-refractivity contribution in [3.63, 3.8) is 0 Å². The minimum Gasteiger partial charge on any atom is -0.478 e. The number of carboxylic acids is 1. The summed E-state index contributed by atoms with van der Waals surface area (Å²) in [5.41, 5.74) is 0.0595. The van der Waals surface area contributed by atoms with Crippen LogP contribution in [0, 0.1) is 0 Å². The molecule has 0 aliphatic heterocycles. The number of hydrogen-bond donors (Lipinski definition) is 1. The lowest BCUT2D eigenvalue weighted by Crippen LogP contribution is -2.03. The third kappa shape index (κ3) is 1.78. The smallest absolute Gasteiger partial charge is 0.336 e. The number of aromatic carboxylic acids is 1. The Morgan fingerprint density at radius 1 is 1.44 bits per heavy atom. The van der Waals surface area contributed by atoms with Crippen LogP contribution in [0.25, 0.3) is 10.1 Å². The summed E-state index contributed by atoms with van der Waals surface area (Å²) in [6.07, 6.45) is 0. The normalized spacial score (nSPS) is 11.9. The largest absolute Gasteiger partial charge is 0.478 e. The Hall–Kier alpha value is -1.49. The van der Waals surface area contributed by atoms with Crippen molar-refractivity contribution >= 4 is 27.4 Å². The van der Waals surface area contributed by atoms with E-state index < -0.39 is 11.9 Å². The summed E-state index contributed by atoms with van der Waals surface area (Å²) in [5.74, 6) is -4.03. The first-order chi connectivity index (χ1) is 7.39. The third-order valence-electron chi connectivity index (χ3n) is 2.22. The Labute approximate surface area is 94.1 Å². The summed E-state index contributed by atoms with van der Waals surface area (Å²) in [6.45, 7) is 0.804. The van der Waals surface area contributed by atoms with E-state index in [-0.39, 0.29) is 10.4 Å². The molecule has 0 amide bonds. The molecule has 1 aromatic heterocycles. The van der Waals surface area contributed by atoms with E-state index in [2.05, 4.69) is 0 Å². The summed E-state index contributed by atoms with van der Waals surface area (Å²) in [7, 11) is 0. The SMILES string of the molecule is CC(F)(F)c1cc2c(C(=O)O)cccc2s1. The number of thiophene rings is 1. The average Bonchev–Trinajstić information content (AvgIpc) is 2.59. The van der Waals surface area contributed by atoms with Gasteiger partial charge in [-0.25, -0.2) is 13.6 Å². The van der Waals surface area contributed by atoms with Crippen LogP contribution >= 0.6 is 11.3 Å². The molecule has 0 atom stereocenters. The van der Waals surface area contributed by atoms with Gasteiger partial charge in [-0.1, -0.05) is 6.07 Å². The molecule has 0 bridgehead atoms. The molecule has 0 unspecified atom stereocenters. The minimum absolute atomic E-state index is 0.0595. The van der Waals surface area contributed by atoms with Gasteiger partial charge in [0.1, 0.15) is 0 Å². The van der Waals surface area contributed by atoms with Gasteiger partial charge in [0.15, 0.2) is 0 Å². The van der Waals surface area contributed by atoms with E-state index in [0.29, 0.717) is 10.1 Å². The van der Waals surface area contributed by atoms with Gasteiger partial charge in [0, 0.05) is 17.0 Å². The van der Waals surface area contributed by atoms with Crippen molar-refractivity contribution in [1.82, 2.24) is 0 Å². The monoisotopic (exact) mass is 242 g/mol. The number of carboxylic acid groups (broad SMARTS) is 1. The summed E-state index contributed by atoms with van der Waals surface area (Å²) >= 11 is 0.922. The topological polar surface area (TPSA) is 37.3 Å². The maximum absolute atomic E-state index is 13.1. The standard InChI is InChI=1S/C11H8F2O2S/c1-11(12,13)9-5-7-6(10(14)15)3-2-4-8(7)16-9/h2-5H,1H3,(H,14,15). The summed E-state index contributed by atoms with van der Waals surface area (Å²) < 4.78 is 26.7. The number of alkyl halides is 2. The molecule has 1 aromatic carbocycles. The lowest BCUT2D eigenvalue weighted by molar-refractivity contribution is 0.0215. The quantitative estimate of drug-likeness (QED) is 0.871. The number of hydrogen-bond acceptors (Lipinski definition) is 2. The molecule has 2 nitrogen and oxygen atoms in total. The molecule has 1 N–H and O–H groups in total. The number of fused-ring (bicyclic) bond motifs is 1. The fraction of sp³-hybridized carbons (Fsp3) is 0.182. The van der Waals surface area contributed by atoms with E-state index in [1.165, 1.54) is 12.1 Å². The number of carbonyl (C=O) groups is 1. The summed E-state index contributed by atoms with van der Waals surface area (Å²) in [4.78, 5) is 10.8. The molecule has 0 aliphatic carbocycles. The minimum atomic E-state index is -2.93. The molecule has 84 valence electrons. The van der Waals surface area contributed by atoms with Crippen molar-refractivity contribution in [1.29, 1.82) is 0 Å². The molecule has 0 radical (unpaired) electrons. The predicted octanol–water partition coefficient (Wildman–Crippen LogP) is 3.71. The molecule has 0 saturated heterocycles. The van der Waals surface area contributed by atoms with Crippen LogP contribution in [0.3, 0.4) is 0 Å². The Kier molecular flexibility index (Phi) is 2.42. The van der Waals surface area contributed by atoms with Crippen molar-refractivity contribution in [2.24, 2.45) is 0 Å². The molecule has 0 fully saturated rings. The van der Waals surface area contributed by atoms with Gasteiger partial charge in [0.05, 0.1) is 10.4 Å². The van der Waals surface area contributed by atoms with Crippen molar-refractivity contribution < 1.29 is 18.7 Å². The molecular formula is C11H8F2O2S. The lowest BCUT2D eigenvalue weighted by Gasteiger charge is -2.04. The first-order valence-electron chi connectivity index (χ1n) is 4.54. The zero-order chi connectivity index (χ0) is 11.9. The third-order valence-corrected chi connectivity index (χ3v) is 3.50. The van der Waals surface area contributed by atoms with Gasteiger partial charge in [-0.3, -0.25) is 0 Å². The number of halogens is 2. The fourth-order valence-corrected chi connectivity index (χ4v) is 2.48. The lowest BCUT2D eigenvalue weighted by atomic mass is 10.1. The van der Waals surface area contributed by atoms with Gasteiger partial charge in [0.25, 0.3) is 5.92 Å². The first kappa shape index (κ1) is 11.0. The van der Waals surface area contributed by atoms with Crippen LogP contribution in [-0.2, 0) is 5.92 Å². The highest BCUT2D eigenvalue weighted by Gasteiger charge is 2.27. The second kappa shape index (κ2) is 3.52. The van der Waals surface area contributed by atoms with Crippen LogP contribution < -0.4 is 0 Å². The highest BCUT2D eigenvalue weighted by molar-refractivity contribution is 7.19. The van der Waals surface area contributed by atoms with E-state index in [9.17, 15) is 13.6 Å². The Morgan fingerprint density at radius 3 is 2.69 bits per heavy atom. The zero-order valence-corrected chi connectivity index (χ0v) is 9.15. The van der Waals surface area contributed by atoms with Crippen LogP contribution in [-0.4, -0.2) is 11.1 Å². The fourth-order valence-electron chi connectivity index (χ4n) is 1.46. The molecule has 16 heavy (non-hydrogen) atoms. The highest BCUT2D eigenvalue weighted by atomic mass is 32.1. The molecule has 1 heterocycles. The zero-order valence-electron chi connectivity index (χ0n) is 8.33. The van der Waals surface area contributed by atoms with Gasteiger partial charge in [0.2, 0.25) is 0 Å². The second-order valence-corrected chi connectivity index (χ2v) is 4.61. The molecule has 2 rings (SSSR count). The van der Waals surface area contributed by atoms with Gasteiger partial charge < -0.3 is 5.11 Å². The van der Waals surface area contributed by atoms with Crippen LogP contribution in [0.1, 0.15) is 22.2 Å². The van der Waals surface area contributed by atoms with Crippen LogP contribution in [0.4, 0.5) is 8.78 Å². The van der Waals surface area contributed by atoms with E-state index in [4.69, 9.17) is 5.11 Å². The van der Waals surface area contributed by atoms with Gasteiger partial charge in [-0.2, -0.15) is 0 Å².